The minimum absolute atomic E-state index is 0.0146. The summed E-state index contributed by atoms with van der Waals surface area (Å²) in [5.74, 6) is -1.18. The quantitative estimate of drug-likeness (QED) is 0.793. The van der Waals surface area contributed by atoms with Crippen molar-refractivity contribution in [3.63, 3.8) is 0 Å². The second-order valence-corrected chi connectivity index (χ2v) is 6.17. The first kappa shape index (κ1) is 13.8. The number of fused-ring (bicyclic) bond motifs is 1. The van der Waals surface area contributed by atoms with Crippen molar-refractivity contribution >= 4 is 33.4 Å². The van der Waals surface area contributed by atoms with Crippen molar-refractivity contribution in [1.82, 2.24) is 14.5 Å². The molecule has 0 bridgehead atoms. The van der Waals surface area contributed by atoms with E-state index >= 15 is 0 Å². The molecular weight excluding hydrogens is 315 g/mol. The Balaban J connectivity index is 2.31. The fourth-order valence-electron chi connectivity index (χ4n) is 1.87. The van der Waals surface area contributed by atoms with Crippen LogP contribution in [-0.4, -0.2) is 34.0 Å². The van der Waals surface area contributed by atoms with Crippen LogP contribution in [0.3, 0.4) is 0 Å². The van der Waals surface area contributed by atoms with Gasteiger partial charge in [-0.1, -0.05) is 23.1 Å². The van der Waals surface area contributed by atoms with Gasteiger partial charge in [-0.05, 0) is 6.26 Å². The Labute approximate surface area is 118 Å². The maximum absolute atomic E-state index is 13.1. The molecule has 0 atom stereocenters. The second kappa shape index (κ2) is 4.71. The van der Waals surface area contributed by atoms with E-state index in [0.29, 0.717) is 8.91 Å². The van der Waals surface area contributed by atoms with Crippen LogP contribution in [0.1, 0.15) is 11.9 Å². The summed E-state index contributed by atoms with van der Waals surface area (Å²) in [6, 6.07) is -0.629. The summed E-state index contributed by atoms with van der Waals surface area (Å²) in [5, 5.41) is 0. The number of nitrogens with zero attached hydrogens (tertiary/aromatic N) is 3. The fourth-order valence-corrected chi connectivity index (χ4v) is 3.28. The Hall–Kier alpha value is -1.13. The van der Waals surface area contributed by atoms with Gasteiger partial charge in [-0.3, -0.25) is 9.36 Å². The minimum atomic E-state index is -4.69. The molecule has 3 rings (SSSR count). The lowest BCUT2D eigenvalue weighted by molar-refractivity contribution is -0.152. The van der Waals surface area contributed by atoms with Crippen molar-refractivity contribution in [3.05, 3.63) is 16.2 Å². The van der Waals surface area contributed by atoms with E-state index < -0.39 is 23.6 Å². The smallest absolute Gasteiger partial charge is 0.377 e. The standard InChI is InChI=1S/C10H8F3N3O2S2/c1-19-9-14-5-6(20-9)15-8(10(11,12)13)16(7(5)17)4-2-18-3-4/h4H,2-3H2,1H3. The van der Waals surface area contributed by atoms with Crippen LogP contribution < -0.4 is 5.56 Å². The van der Waals surface area contributed by atoms with Gasteiger partial charge in [0.15, 0.2) is 14.7 Å². The maximum atomic E-state index is 13.1. The third-order valence-electron chi connectivity index (χ3n) is 2.86. The van der Waals surface area contributed by atoms with Crippen molar-refractivity contribution in [1.29, 1.82) is 0 Å². The van der Waals surface area contributed by atoms with Gasteiger partial charge in [-0.2, -0.15) is 13.2 Å². The SMILES string of the molecule is CSc1nc2c(=O)n(C3COC3)c(C(F)(F)F)nc2s1. The number of hydrogen-bond acceptors (Lipinski definition) is 6. The Morgan fingerprint density at radius 2 is 2.10 bits per heavy atom. The van der Waals surface area contributed by atoms with E-state index in [0.717, 1.165) is 11.3 Å². The first-order chi connectivity index (χ1) is 9.41. The van der Waals surface area contributed by atoms with E-state index in [4.69, 9.17) is 4.74 Å². The highest BCUT2D eigenvalue weighted by molar-refractivity contribution is 8.00. The number of thioether (sulfide) groups is 1. The highest BCUT2D eigenvalue weighted by Gasteiger charge is 2.41. The third kappa shape index (κ3) is 2.11. The molecule has 10 heteroatoms. The van der Waals surface area contributed by atoms with Crippen molar-refractivity contribution in [2.75, 3.05) is 19.5 Å². The van der Waals surface area contributed by atoms with E-state index in [9.17, 15) is 18.0 Å². The minimum Gasteiger partial charge on any atom is -0.377 e. The highest BCUT2D eigenvalue weighted by atomic mass is 32.2. The van der Waals surface area contributed by atoms with Crippen LogP contribution in [0.25, 0.3) is 10.3 Å². The molecule has 108 valence electrons. The molecule has 0 amide bonds. The van der Waals surface area contributed by atoms with Crippen molar-refractivity contribution in [2.45, 2.75) is 16.6 Å². The summed E-state index contributed by atoms with van der Waals surface area (Å²) in [4.78, 5) is 19.9. The maximum Gasteiger partial charge on any atom is 0.449 e. The molecule has 0 radical (unpaired) electrons. The number of aromatic nitrogens is 3. The summed E-state index contributed by atoms with van der Waals surface area (Å²) >= 11 is 2.25. The molecule has 0 aromatic carbocycles. The van der Waals surface area contributed by atoms with E-state index in [1.54, 1.807) is 6.26 Å². The molecule has 3 heterocycles. The lowest BCUT2D eigenvalue weighted by Gasteiger charge is -2.29. The molecule has 1 saturated heterocycles. The number of thiazole rings is 1. The largest absolute Gasteiger partial charge is 0.449 e. The van der Waals surface area contributed by atoms with Gasteiger partial charge in [-0.15, -0.1) is 0 Å². The van der Waals surface area contributed by atoms with Gasteiger partial charge >= 0.3 is 6.18 Å². The van der Waals surface area contributed by atoms with Gasteiger partial charge in [-0.25, -0.2) is 9.97 Å². The van der Waals surface area contributed by atoms with Crippen LogP contribution >= 0.6 is 23.1 Å². The number of hydrogen-bond donors (Lipinski definition) is 0. The zero-order valence-corrected chi connectivity index (χ0v) is 11.7. The molecule has 20 heavy (non-hydrogen) atoms. The van der Waals surface area contributed by atoms with Crippen LogP contribution in [-0.2, 0) is 10.9 Å². The van der Waals surface area contributed by atoms with Gasteiger partial charge in [0.25, 0.3) is 5.56 Å². The molecule has 1 aliphatic heterocycles. The van der Waals surface area contributed by atoms with Crippen molar-refractivity contribution < 1.29 is 17.9 Å². The van der Waals surface area contributed by atoms with E-state index in [1.165, 1.54) is 11.8 Å². The lowest BCUT2D eigenvalue weighted by atomic mass is 10.2. The summed E-state index contributed by atoms with van der Waals surface area (Å²) in [6.07, 6.45) is -2.95. The first-order valence-electron chi connectivity index (χ1n) is 5.54. The summed E-state index contributed by atoms with van der Waals surface area (Å²) in [5.41, 5.74) is -0.772. The van der Waals surface area contributed by atoms with Crippen LogP contribution in [0.4, 0.5) is 13.2 Å². The van der Waals surface area contributed by atoms with Gasteiger partial charge < -0.3 is 4.74 Å². The van der Waals surface area contributed by atoms with E-state index in [2.05, 4.69) is 9.97 Å². The van der Waals surface area contributed by atoms with Crippen LogP contribution in [0.15, 0.2) is 9.13 Å². The van der Waals surface area contributed by atoms with Gasteiger partial charge in [0.2, 0.25) is 5.82 Å². The fraction of sp³-hybridized carbons (Fsp3) is 0.500. The first-order valence-corrected chi connectivity index (χ1v) is 7.58. The van der Waals surface area contributed by atoms with Crippen LogP contribution in [0, 0.1) is 0 Å². The lowest BCUT2D eigenvalue weighted by Crippen LogP contribution is -2.41. The highest BCUT2D eigenvalue weighted by Crippen LogP contribution is 2.33. The molecular formula is C10H8F3N3O2S2. The predicted octanol–water partition coefficient (Wildman–Crippen LogP) is 2.17. The zero-order valence-electron chi connectivity index (χ0n) is 10.1. The van der Waals surface area contributed by atoms with E-state index in [1.807, 2.05) is 0 Å². The second-order valence-electron chi connectivity index (χ2n) is 4.14. The Kier molecular flexibility index (Phi) is 3.26. The molecule has 0 N–H and O–H groups in total. The third-order valence-corrected chi connectivity index (χ3v) is 4.79. The average molecular weight is 323 g/mol. The van der Waals surface area contributed by atoms with Crippen LogP contribution in [0.5, 0.6) is 0 Å². The number of rotatable bonds is 2. The van der Waals surface area contributed by atoms with Crippen molar-refractivity contribution in [2.24, 2.45) is 0 Å². The van der Waals surface area contributed by atoms with Gasteiger partial charge in [0, 0.05) is 0 Å². The van der Waals surface area contributed by atoms with Gasteiger partial charge in [0.05, 0.1) is 19.3 Å². The zero-order chi connectivity index (χ0) is 14.5. The Morgan fingerprint density at radius 1 is 1.40 bits per heavy atom. The molecule has 0 unspecified atom stereocenters. The summed E-state index contributed by atoms with van der Waals surface area (Å²) in [6.45, 7) is 0.158. The average Bonchev–Trinajstić information content (AvgIpc) is 2.72. The van der Waals surface area contributed by atoms with Crippen molar-refractivity contribution in [3.8, 4) is 0 Å². The predicted molar refractivity (Wildman–Crippen MR) is 68.3 cm³/mol. The molecule has 1 aliphatic rings. The molecule has 2 aromatic heterocycles. The number of halogens is 3. The Morgan fingerprint density at radius 3 is 2.60 bits per heavy atom. The normalized spacial score (nSPS) is 16.6. The Bertz CT molecular complexity index is 721. The molecule has 0 spiro atoms. The number of ether oxygens (including phenoxy) is 1. The summed E-state index contributed by atoms with van der Waals surface area (Å²) < 4.78 is 45.3. The molecule has 2 aromatic rings. The molecule has 5 nitrogen and oxygen atoms in total. The molecule has 0 saturated carbocycles. The van der Waals surface area contributed by atoms with Gasteiger partial charge in [0.1, 0.15) is 0 Å². The topological polar surface area (TPSA) is 57.0 Å². The molecule has 0 aliphatic carbocycles. The van der Waals surface area contributed by atoms with Crippen LogP contribution in [0.2, 0.25) is 0 Å². The number of alkyl halides is 3. The van der Waals surface area contributed by atoms with E-state index in [-0.39, 0.29) is 23.6 Å². The monoisotopic (exact) mass is 323 g/mol. The molecule has 1 fully saturated rings. The summed E-state index contributed by atoms with van der Waals surface area (Å²) in [7, 11) is 0.